The van der Waals surface area contributed by atoms with E-state index in [0.29, 0.717) is 5.13 Å². The number of anilines is 1. The van der Waals surface area contributed by atoms with Crippen LogP contribution in [0.2, 0.25) is 0 Å². The van der Waals surface area contributed by atoms with Crippen LogP contribution in [0.15, 0.2) is 29.6 Å². The topological polar surface area (TPSA) is 63.2 Å². The van der Waals surface area contributed by atoms with Crippen molar-refractivity contribution < 1.29 is 9.53 Å². The lowest BCUT2D eigenvalue weighted by atomic mass is 10.2. The van der Waals surface area contributed by atoms with Gasteiger partial charge in [0.05, 0.1) is 12.8 Å². The minimum absolute atomic E-state index is 0.192. The van der Waals surface area contributed by atoms with Gasteiger partial charge in [0, 0.05) is 17.0 Å². The van der Waals surface area contributed by atoms with Crippen molar-refractivity contribution in [2.45, 2.75) is 32.7 Å². The summed E-state index contributed by atoms with van der Waals surface area (Å²) < 4.78 is 5.21. The Balaban J connectivity index is 2.03. The molecule has 5 nitrogen and oxygen atoms in total. The van der Waals surface area contributed by atoms with Gasteiger partial charge in [0.1, 0.15) is 5.75 Å². The summed E-state index contributed by atoms with van der Waals surface area (Å²) in [5, 5.41) is 8.22. The quantitative estimate of drug-likeness (QED) is 0.841. The van der Waals surface area contributed by atoms with E-state index in [4.69, 9.17) is 4.74 Å². The fourth-order valence-corrected chi connectivity index (χ4v) is 2.77. The molecule has 0 aliphatic heterocycles. The van der Waals surface area contributed by atoms with Gasteiger partial charge in [-0.25, -0.2) is 9.78 Å². The number of methoxy groups -OCH3 is 1. The summed E-state index contributed by atoms with van der Waals surface area (Å²) in [6, 6.07) is 7.67. The van der Waals surface area contributed by atoms with Gasteiger partial charge >= 0.3 is 6.03 Å². The molecule has 0 fully saturated rings. The van der Waals surface area contributed by atoms with Crippen LogP contribution in [-0.2, 0) is 0 Å². The van der Waals surface area contributed by atoms with E-state index >= 15 is 0 Å². The molecule has 0 saturated heterocycles. The molecule has 2 rings (SSSR count). The third-order valence-electron chi connectivity index (χ3n) is 3.41. The first-order valence-electron chi connectivity index (χ1n) is 7.33. The number of nitrogens with one attached hydrogen (secondary N) is 2. The van der Waals surface area contributed by atoms with Crippen LogP contribution in [0, 0.1) is 0 Å². The largest absolute Gasteiger partial charge is 0.497 e. The van der Waals surface area contributed by atoms with Gasteiger partial charge in [0.25, 0.3) is 0 Å². The lowest BCUT2D eigenvalue weighted by Crippen LogP contribution is -2.37. The molecule has 0 aliphatic carbocycles. The number of carbonyl (C=O) groups is 1. The average Bonchev–Trinajstić information content (AvgIpc) is 3.01. The van der Waals surface area contributed by atoms with Crippen molar-refractivity contribution in [1.29, 1.82) is 0 Å². The van der Waals surface area contributed by atoms with E-state index < -0.39 is 0 Å². The molecule has 0 radical (unpaired) electrons. The molecule has 2 aromatic rings. The summed E-state index contributed by atoms with van der Waals surface area (Å²) in [5.41, 5.74) is 1.78. The van der Waals surface area contributed by atoms with Crippen LogP contribution in [0.3, 0.4) is 0 Å². The van der Waals surface area contributed by atoms with Crippen LogP contribution in [-0.4, -0.2) is 24.2 Å². The first-order chi connectivity index (χ1) is 10.7. The Labute approximate surface area is 134 Å². The molecule has 0 atom stereocenters. The minimum Gasteiger partial charge on any atom is -0.497 e. The van der Waals surface area contributed by atoms with Gasteiger partial charge < -0.3 is 10.1 Å². The first-order valence-corrected chi connectivity index (χ1v) is 8.21. The van der Waals surface area contributed by atoms with E-state index in [0.717, 1.165) is 29.8 Å². The molecule has 1 aromatic carbocycles. The molecule has 22 heavy (non-hydrogen) atoms. The highest BCUT2D eigenvalue weighted by molar-refractivity contribution is 7.14. The summed E-state index contributed by atoms with van der Waals surface area (Å²) in [6.45, 7) is 4.11. The molecule has 1 heterocycles. The van der Waals surface area contributed by atoms with Crippen LogP contribution < -0.4 is 15.4 Å². The van der Waals surface area contributed by atoms with Crippen LogP contribution in [0.1, 0.15) is 26.7 Å². The molecule has 1 aromatic heterocycles. The lowest BCUT2D eigenvalue weighted by molar-refractivity contribution is 0.247. The van der Waals surface area contributed by atoms with Crippen molar-refractivity contribution in [2.75, 3.05) is 12.4 Å². The zero-order valence-electron chi connectivity index (χ0n) is 13.1. The van der Waals surface area contributed by atoms with Gasteiger partial charge in [-0.2, -0.15) is 0 Å². The second kappa shape index (κ2) is 7.79. The summed E-state index contributed by atoms with van der Waals surface area (Å²) in [4.78, 5) is 16.4. The van der Waals surface area contributed by atoms with E-state index in [-0.39, 0.29) is 12.1 Å². The lowest BCUT2D eigenvalue weighted by Gasteiger charge is -2.14. The zero-order valence-corrected chi connectivity index (χ0v) is 13.9. The Kier molecular flexibility index (Phi) is 5.77. The summed E-state index contributed by atoms with van der Waals surface area (Å²) >= 11 is 1.40. The highest BCUT2D eigenvalue weighted by Gasteiger charge is 2.11. The highest BCUT2D eigenvalue weighted by atomic mass is 32.1. The number of nitrogens with zero attached hydrogens (tertiary/aromatic N) is 1. The van der Waals surface area contributed by atoms with Gasteiger partial charge in [0.15, 0.2) is 5.13 Å². The standard InChI is InChI=1S/C16H21N3O2S/c1-4-12(5-2)17-15(20)19-16-18-14(10-22-16)11-7-6-8-13(9-11)21-3/h6-10,12H,4-5H2,1-3H3,(H2,17,18,19,20). The molecule has 2 amide bonds. The Morgan fingerprint density at radius 3 is 2.82 bits per heavy atom. The molecule has 0 aliphatic rings. The average molecular weight is 319 g/mol. The minimum atomic E-state index is -0.208. The Morgan fingerprint density at radius 2 is 2.14 bits per heavy atom. The number of ether oxygens (including phenoxy) is 1. The molecule has 0 spiro atoms. The third kappa shape index (κ3) is 4.21. The third-order valence-corrected chi connectivity index (χ3v) is 4.17. The molecule has 118 valence electrons. The first kappa shape index (κ1) is 16.3. The van der Waals surface area contributed by atoms with Crippen molar-refractivity contribution in [3.8, 4) is 17.0 Å². The van der Waals surface area contributed by atoms with Gasteiger partial charge in [-0.1, -0.05) is 26.0 Å². The second-order valence-electron chi connectivity index (χ2n) is 4.88. The number of amides is 2. The van der Waals surface area contributed by atoms with Crippen LogP contribution >= 0.6 is 11.3 Å². The number of aromatic nitrogens is 1. The number of carbonyl (C=O) groups excluding carboxylic acids is 1. The number of rotatable bonds is 6. The Bertz CT molecular complexity index is 623. The van der Waals surface area contributed by atoms with E-state index in [2.05, 4.69) is 29.5 Å². The normalized spacial score (nSPS) is 10.5. The Morgan fingerprint density at radius 1 is 1.36 bits per heavy atom. The van der Waals surface area contributed by atoms with Crippen molar-refractivity contribution in [1.82, 2.24) is 10.3 Å². The van der Waals surface area contributed by atoms with Gasteiger partial charge in [-0.15, -0.1) is 11.3 Å². The summed E-state index contributed by atoms with van der Waals surface area (Å²) in [7, 11) is 1.63. The second-order valence-corrected chi connectivity index (χ2v) is 5.74. The SMILES string of the molecule is CCC(CC)NC(=O)Nc1nc(-c2cccc(OC)c2)cs1. The molecular formula is C16H21N3O2S. The molecular weight excluding hydrogens is 298 g/mol. The molecule has 0 saturated carbocycles. The van der Waals surface area contributed by atoms with Crippen LogP contribution in [0.4, 0.5) is 9.93 Å². The van der Waals surface area contributed by atoms with Crippen molar-refractivity contribution >= 4 is 22.5 Å². The van der Waals surface area contributed by atoms with E-state index in [1.807, 2.05) is 29.6 Å². The molecule has 0 unspecified atom stereocenters. The van der Waals surface area contributed by atoms with E-state index in [9.17, 15) is 4.79 Å². The predicted molar refractivity (Wildman–Crippen MR) is 90.6 cm³/mol. The zero-order chi connectivity index (χ0) is 15.9. The maximum absolute atomic E-state index is 11.9. The van der Waals surface area contributed by atoms with Gasteiger partial charge in [-0.05, 0) is 25.0 Å². The Hall–Kier alpha value is -2.08. The van der Waals surface area contributed by atoms with E-state index in [1.54, 1.807) is 7.11 Å². The number of hydrogen-bond acceptors (Lipinski definition) is 4. The van der Waals surface area contributed by atoms with Crippen molar-refractivity contribution in [3.63, 3.8) is 0 Å². The highest BCUT2D eigenvalue weighted by Crippen LogP contribution is 2.27. The molecule has 6 heteroatoms. The number of hydrogen-bond donors (Lipinski definition) is 2. The van der Waals surface area contributed by atoms with Crippen molar-refractivity contribution in [3.05, 3.63) is 29.6 Å². The fraction of sp³-hybridized carbons (Fsp3) is 0.375. The maximum atomic E-state index is 11.9. The molecule has 0 bridgehead atoms. The summed E-state index contributed by atoms with van der Waals surface area (Å²) in [6.07, 6.45) is 1.83. The number of thiazole rings is 1. The maximum Gasteiger partial charge on any atom is 0.321 e. The smallest absolute Gasteiger partial charge is 0.321 e. The monoisotopic (exact) mass is 319 g/mol. The number of benzene rings is 1. The van der Waals surface area contributed by atoms with Crippen LogP contribution in [0.25, 0.3) is 11.3 Å². The predicted octanol–water partition coefficient (Wildman–Crippen LogP) is 4.13. The van der Waals surface area contributed by atoms with Gasteiger partial charge in [-0.3, -0.25) is 5.32 Å². The van der Waals surface area contributed by atoms with E-state index in [1.165, 1.54) is 11.3 Å². The summed E-state index contributed by atoms with van der Waals surface area (Å²) in [5.74, 6) is 0.784. The van der Waals surface area contributed by atoms with Crippen molar-refractivity contribution in [2.24, 2.45) is 0 Å². The van der Waals surface area contributed by atoms with Gasteiger partial charge in [0.2, 0.25) is 0 Å². The number of urea groups is 1. The fourth-order valence-electron chi connectivity index (χ4n) is 2.06. The van der Waals surface area contributed by atoms with Crippen LogP contribution in [0.5, 0.6) is 5.75 Å². The molecule has 2 N–H and O–H groups in total.